The van der Waals surface area contributed by atoms with Crippen LogP contribution in [0.1, 0.15) is 28.5 Å². The highest BCUT2D eigenvalue weighted by atomic mass is 16.3. The number of hydrogen-bond acceptors (Lipinski definition) is 3. The fourth-order valence-electron chi connectivity index (χ4n) is 2.51. The van der Waals surface area contributed by atoms with Crippen LogP contribution in [0.4, 0.5) is 0 Å². The summed E-state index contributed by atoms with van der Waals surface area (Å²) in [7, 11) is 1.61. The molecule has 5 heteroatoms. The highest BCUT2D eigenvalue weighted by Gasteiger charge is 2.27. The summed E-state index contributed by atoms with van der Waals surface area (Å²) >= 11 is 0. The molecular weight excluding hydrogens is 278 g/mol. The molecule has 22 heavy (non-hydrogen) atoms. The van der Waals surface area contributed by atoms with Crippen LogP contribution in [0.5, 0.6) is 0 Å². The van der Waals surface area contributed by atoms with Crippen molar-refractivity contribution in [3.63, 3.8) is 0 Å². The Morgan fingerprint density at radius 1 is 1.23 bits per heavy atom. The van der Waals surface area contributed by atoms with Crippen LogP contribution in [0.15, 0.2) is 48.9 Å². The molecule has 1 atom stereocenters. The highest BCUT2D eigenvalue weighted by molar-refractivity contribution is 5.98. The van der Waals surface area contributed by atoms with Crippen molar-refractivity contribution in [3.8, 4) is 0 Å². The van der Waals surface area contributed by atoms with Crippen LogP contribution in [0.25, 0.3) is 10.8 Å². The van der Waals surface area contributed by atoms with Crippen molar-refractivity contribution in [2.75, 3.05) is 7.05 Å². The lowest BCUT2D eigenvalue weighted by molar-refractivity contribution is 0.0961. The van der Waals surface area contributed by atoms with Gasteiger partial charge in [-0.15, -0.1) is 0 Å². The smallest absolute Gasteiger partial charge is 0.251 e. The van der Waals surface area contributed by atoms with Crippen molar-refractivity contribution >= 4 is 16.7 Å². The first kappa shape index (κ1) is 14.3. The number of hydrogen-bond donors (Lipinski definition) is 3. The molecule has 0 radical (unpaired) electrons. The minimum absolute atomic E-state index is 0.115. The van der Waals surface area contributed by atoms with Crippen molar-refractivity contribution in [1.82, 2.24) is 15.3 Å². The molecule has 0 aliphatic carbocycles. The van der Waals surface area contributed by atoms with E-state index in [1.807, 2.05) is 30.3 Å². The molecule has 3 N–H and O–H groups in total. The van der Waals surface area contributed by atoms with Gasteiger partial charge in [0.05, 0.1) is 18.2 Å². The van der Waals surface area contributed by atoms with Crippen molar-refractivity contribution in [2.24, 2.45) is 0 Å². The van der Waals surface area contributed by atoms with Gasteiger partial charge in [0.2, 0.25) is 0 Å². The maximum absolute atomic E-state index is 11.7. The lowest BCUT2D eigenvalue weighted by Gasteiger charge is -2.22. The van der Waals surface area contributed by atoms with Crippen LogP contribution in [0.2, 0.25) is 0 Å². The Labute approximate surface area is 128 Å². The van der Waals surface area contributed by atoms with Gasteiger partial charge >= 0.3 is 0 Å². The lowest BCUT2D eigenvalue weighted by Crippen LogP contribution is -2.23. The van der Waals surface area contributed by atoms with Crippen molar-refractivity contribution < 1.29 is 9.90 Å². The van der Waals surface area contributed by atoms with Crippen LogP contribution < -0.4 is 5.32 Å². The Balaban J connectivity index is 2.06. The number of nitrogens with one attached hydrogen (secondary N) is 2. The summed E-state index contributed by atoms with van der Waals surface area (Å²) in [6.07, 6.45) is 3.15. The molecule has 1 unspecified atom stereocenters. The molecule has 2 aromatic carbocycles. The predicted octanol–water partition coefficient (Wildman–Crippen LogP) is 2.18. The molecule has 0 spiro atoms. The van der Waals surface area contributed by atoms with Crippen molar-refractivity contribution in [3.05, 3.63) is 65.7 Å². The Hall–Kier alpha value is -2.66. The largest absolute Gasteiger partial charge is 0.379 e. The number of aromatic amines is 1. The predicted molar refractivity (Wildman–Crippen MR) is 84.6 cm³/mol. The molecule has 0 aliphatic heterocycles. The number of H-pyrrole nitrogens is 1. The second kappa shape index (κ2) is 5.27. The first-order chi connectivity index (χ1) is 10.5. The van der Waals surface area contributed by atoms with Gasteiger partial charge in [0.15, 0.2) is 0 Å². The van der Waals surface area contributed by atoms with E-state index in [1.165, 1.54) is 0 Å². The third-order valence-corrected chi connectivity index (χ3v) is 3.91. The Bertz CT molecular complexity index is 823. The summed E-state index contributed by atoms with van der Waals surface area (Å²) in [4.78, 5) is 18.6. The number of carbonyl (C=O) groups is 1. The van der Waals surface area contributed by atoms with E-state index in [0.29, 0.717) is 11.3 Å². The number of rotatable bonds is 3. The normalized spacial score (nSPS) is 13.8. The molecule has 0 bridgehead atoms. The number of fused-ring (bicyclic) bond motifs is 1. The molecule has 5 nitrogen and oxygen atoms in total. The second-order valence-corrected chi connectivity index (χ2v) is 5.39. The molecule has 1 heterocycles. The summed E-state index contributed by atoms with van der Waals surface area (Å²) in [5.74, 6) is -0.115. The van der Waals surface area contributed by atoms with Gasteiger partial charge in [-0.1, -0.05) is 18.2 Å². The van der Waals surface area contributed by atoms with Gasteiger partial charge < -0.3 is 15.4 Å². The monoisotopic (exact) mass is 295 g/mol. The second-order valence-electron chi connectivity index (χ2n) is 5.39. The number of imidazole rings is 1. The fourth-order valence-corrected chi connectivity index (χ4v) is 2.51. The third-order valence-electron chi connectivity index (χ3n) is 3.91. The van der Waals surface area contributed by atoms with Gasteiger partial charge in [0, 0.05) is 12.6 Å². The molecule has 0 saturated carbocycles. The van der Waals surface area contributed by atoms with Crippen LogP contribution in [0, 0.1) is 0 Å². The molecule has 0 fully saturated rings. The summed E-state index contributed by atoms with van der Waals surface area (Å²) in [5, 5.41) is 15.3. The summed E-state index contributed by atoms with van der Waals surface area (Å²) in [6.45, 7) is 1.72. The van der Waals surface area contributed by atoms with E-state index in [2.05, 4.69) is 15.3 Å². The molecule has 1 amide bonds. The number of amides is 1. The van der Waals surface area contributed by atoms with Crippen molar-refractivity contribution in [2.45, 2.75) is 12.5 Å². The zero-order chi connectivity index (χ0) is 15.7. The molecule has 3 aromatic rings. The number of aliphatic hydroxyl groups is 1. The average molecular weight is 295 g/mol. The Kier molecular flexibility index (Phi) is 3.42. The zero-order valence-electron chi connectivity index (χ0n) is 12.4. The topological polar surface area (TPSA) is 78.0 Å². The molecule has 0 saturated heterocycles. The van der Waals surface area contributed by atoms with Gasteiger partial charge in [-0.2, -0.15) is 0 Å². The SMILES string of the molecule is CNC(=O)c1ccc2cc(C(C)(O)c3cnc[nH]3)ccc2c1. The van der Waals surface area contributed by atoms with Crippen LogP contribution >= 0.6 is 0 Å². The molecular formula is C17H17N3O2. The van der Waals surface area contributed by atoms with Crippen molar-refractivity contribution in [1.29, 1.82) is 0 Å². The maximum Gasteiger partial charge on any atom is 0.251 e. The Morgan fingerprint density at radius 3 is 2.64 bits per heavy atom. The number of aromatic nitrogens is 2. The van der Waals surface area contributed by atoms with E-state index < -0.39 is 5.60 Å². The van der Waals surface area contributed by atoms with Crippen LogP contribution in [-0.4, -0.2) is 28.0 Å². The number of nitrogens with zero attached hydrogens (tertiary/aromatic N) is 1. The minimum atomic E-state index is -1.15. The molecule has 0 aliphatic rings. The maximum atomic E-state index is 11.7. The van der Waals surface area contributed by atoms with E-state index in [4.69, 9.17) is 0 Å². The van der Waals surface area contributed by atoms with E-state index >= 15 is 0 Å². The van der Waals surface area contributed by atoms with E-state index in [9.17, 15) is 9.90 Å². The lowest BCUT2D eigenvalue weighted by atomic mass is 9.91. The number of carbonyl (C=O) groups excluding carboxylic acids is 1. The standard InChI is InChI=1S/C17H17N3O2/c1-17(22,15-9-19-10-20-15)14-6-5-11-7-13(16(21)18-2)4-3-12(11)8-14/h3-10,22H,1-2H3,(H,18,21)(H,19,20). The fraction of sp³-hybridized carbons (Fsp3) is 0.176. The van der Waals surface area contributed by atoms with Gasteiger partial charge in [-0.05, 0) is 41.5 Å². The summed E-state index contributed by atoms with van der Waals surface area (Å²) in [6, 6.07) is 11.2. The van der Waals surface area contributed by atoms with Gasteiger partial charge in [-0.25, -0.2) is 4.98 Å². The first-order valence-corrected chi connectivity index (χ1v) is 7.00. The van der Waals surface area contributed by atoms with E-state index in [1.54, 1.807) is 32.6 Å². The summed E-state index contributed by atoms with van der Waals surface area (Å²) in [5.41, 5.74) is 0.860. The first-order valence-electron chi connectivity index (χ1n) is 7.00. The van der Waals surface area contributed by atoms with Gasteiger partial charge in [0.1, 0.15) is 5.60 Å². The molecule has 1 aromatic heterocycles. The molecule has 112 valence electrons. The van der Waals surface area contributed by atoms with Gasteiger partial charge in [-0.3, -0.25) is 4.79 Å². The Morgan fingerprint density at radius 2 is 1.95 bits per heavy atom. The molecule has 3 rings (SSSR count). The van der Waals surface area contributed by atoms with Gasteiger partial charge in [0.25, 0.3) is 5.91 Å². The number of benzene rings is 2. The minimum Gasteiger partial charge on any atom is -0.379 e. The summed E-state index contributed by atoms with van der Waals surface area (Å²) < 4.78 is 0. The van der Waals surface area contributed by atoms with Crippen LogP contribution in [0.3, 0.4) is 0 Å². The average Bonchev–Trinajstić information content (AvgIpc) is 3.08. The quantitative estimate of drug-likeness (QED) is 0.693. The van der Waals surface area contributed by atoms with E-state index in [-0.39, 0.29) is 5.91 Å². The van der Waals surface area contributed by atoms with E-state index in [0.717, 1.165) is 16.3 Å². The van der Waals surface area contributed by atoms with Crippen LogP contribution in [-0.2, 0) is 5.60 Å². The zero-order valence-corrected chi connectivity index (χ0v) is 12.4. The third kappa shape index (κ3) is 2.35. The highest BCUT2D eigenvalue weighted by Crippen LogP contribution is 2.30.